The van der Waals surface area contributed by atoms with Gasteiger partial charge in [0.25, 0.3) is 0 Å². The van der Waals surface area contributed by atoms with Crippen molar-refractivity contribution >= 4 is 17.1 Å². The SMILES string of the molecule is CC(=O)c1cnc(CC2CCN(C)CC2)s1. The minimum atomic E-state index is 0.132. The summed E-state index contributed by atoms with van der Waals surface area (Å²) < 4.78 is 0. The van der Waals surface area contributed by atoms with Gasteiger partial charge in [0.2, 0.25) is 0 Å². The van der Waals surface area contributed by atoms with Crippen molar-refractivity contribution in [3.05, 3.63) is 16.1 Å². The Hall–Kier alpha value is -0.740. The van der Waals surface area contributed by atoms with Crippen molar-refractivity contribution in [1.82, 2.24) is 9.88 Å². The lowest BCUT2D eigenvalue weighted by Crippen LogP contribution is -2.30. The first-order chi connectivity index (χ1) is 7.65. The zero-order valence-electron chi connectivity index (χ0n) is 9.90. The van der Waals surface area contributed by atoms with Crippen LogP contribution in [0.2, 0.25) is 0 Å². The summed E-state index contributed by atoms with van der Waals surface area (Å²) in [6, 6.07) is 0. The van der Waals surface area contributed by atoms with Crippen molar-refractivity contribution in [2.75, 3.05) is 20.1 Å². The van der Waals surface area contributed by atoms with Crippen LogP contribution < -0.4 is 0 Å². The molecule has 0 aliphatic carbocycles. The van der Waals surface area contributed by atoms with Gasteiger partial charge in [-0.3, -0.25) is 4.79 Å². The average Bonchev–Trinajstić information content (AvgIpc) is 2.70. The summed E-state index contributed by atoms with van der Waals surface area (Å²) >= 11 is 1.56. The minimum absolute atomic E-state index is 0.132. The fraction of sp³-hybridized carbons (Fsp3) is 0.667. The minimum Gasteiger partial charge on any atom is -0.306 e. The Morgan fingerprint density at radius 2 is 2.25 bits per heavy atom. The maximum atomic E-state index is 11.2. The summed E-state index contributed by atoms with van der Waals surface area (Å²) in [6.45, 7) is 3.98. The van der Waals surface area contributed by atoms with Gasteiger partial charge in [0.1, 0.15) is 0 Å². The van der Waals surface area contributed by atoms with E-state index in [4.69, 9.17) is 0 Å². The first-order valence-electron chi connectivity index (χ1n) is 5.79. The van der Waals surface area contributed by atoms with Gasteiger partial charge in [-0.2, -0.15) is 0 Å². The van der Waals surface area contributed by atoms with Gasteiger partial charge < -0.3 is 4.90 Å². The molecule has 0 bridgehead atoms. The molecule has 1 aromatic heterocycles. The predicted octanol–water partition coefficient (Wildman–Crippen LogP) is 2.23. The molecule has 0 aromatic carbocycles. The molecule has 1 aromatic rings. The second-order valence-electron chi connectivity index (χ2n) is 4.63. The molecule has 0 amide bonds. The average molecular weight is 238 g/mol. The van der Waals surface area contributed by atoms with E-state index in [0.29, 0.717) is 0 Å². The number of ketones is 1. The molecule has 4 heteroatoms. The highest BCUT2D eigenvalue weighted by Crippen LogP contribution is 2.23. The standard InChI is InChI=1S/C12H18N2OS/c1-9(15)11-8-13-12(16-11)7-10-3-5-14(2)6-4-10/h8,10H,3-7H2,1-2H3. The number of hydrogen-bond donors (Lipinski definition) is 0. The van der Waals surface area contributed by atoms with Crippen LogP contribution in [0, 0.1) is 5.92 Å². The molecule has 0 saturated carbocycles. The van der Waals surface area contributed by atoms with Gasteiger partial charge in [0.05, 0.1) is 9.88 Å². The molecule has 1 aliphatic heterocycles. The van der Waals surface area contributed by atoms with Crippen LogP contribution in [0.1, 0.15) is 34.4 Å². The number of carbonyl (C=O) groups excluding carboxylic acids is 1. The second kappa shape index (κ2) is 5.06. The zero-order chi connectivity index (χ0) is 11.5. The Labute approximate surface area is 100 Å². The third-order valence-electron chi connectivity index (χ3n) is 3.20. The summed E-state index contributed by atoms with van der Waals surface area (Å²) in [5.41, 5.74) is 0. The third-order valence-corrected chi connectivity index (χ3v) is 4.32. The lowest BCUT2D eigenvalue weighted by molar-refractivity contribution is 0.102. The Balaban J connectivity index is 1.91. The number of nitrogens with zero attached hydrogens (tertiary/aromatic N) is 2. The number of Topliss-reactive ketones (excluding diaryl/α,β-unsaturated/α-hetero) is 1. The van der Waals surface area contributed by atoms with Gasteiger partial charge in [-0.15, -0.1) is 11.3 Å². The van der Waals surface area contributed by atoms with Gasteiger partial charge >= 0.3 is 0 Å². The van der Waals surface area contributed by atoms with Crippen LogP contribution in [0.4, 0.5) is 0 Å². The van der Waals surface area contributed by atoms with Crippen molar-refractivity contribution in [2.24, 2.45) is 5.92 Å². The van der Waals surface area contributed by atoms with E-state index in [2.05, 4.69) is 16.9 Å². The van der Waals surface area contributed by atoms with E-state index in [1.165, 1.54) is 25.9 Å². The van der Waals surface area contributed by atoms with Crippen molar-refractivity contribution < 1.29 is 4.79 Å². The molecule has 3 nitrogen and oxygen atoms in total. The molecule has 0 spiro atoms. The normalized spacial score (nSPS) is 18.9. The molecule has 88 valence electrons. The topological polar surface area (TPSA) is 33.2 Å². The number of likely N-dealkylation sites (tertiary alicyclic amines) is 1. The van der Waals surface area contributed by atoms with Crippen molar-refractivity contribution in [1.29, 1.82) is 0 Å². The number of hydrogen-bond acceptors (Lipinski definition) is 4. The molecule has 2 rings (SSSR count). The van der Waals surface area contributed by atoms with Crippen molar-refractivity contribution in [3.63, 3.8) is 0 Å². The number of piperidine rings is 1. The first-order valence-corrected chi connectivity index (χ1v) is 6.61. The van der Waals surface area contributed by atoms with E-state index in [9.17, 15) is 4.79 Å². The summed E-state index contributed by atoms with van der Waals surface area (Å²) in [5, 5.41) is 1.12. The summed E-state index contributed by atoms with van der Waals surface area (Å²) in [6.07, 6.45) is 5.28. The molecule has 0 N–H and O–H groups in total. The maximum Gasteiger partial charge on any atom is 0.171 e. The van der Waals surface area contributed by atoms with Gasteiger partial charge in [0.15, 0.2) is 5.78 Å². The molecule has 1 fully saturated rings. The van der Waals surface area contributed by atoms with Crippen LogP contribution in [0.15, 0.2) is 6.20 Å². The van der Waals surface area contributed by atoms with Crippen LogP contribution in [-0.2, 0) is 6.42 Å². The number of rotatable bonds is 3. The molecule has 1 saturated heterocycles. The van der Waals surface area contributed by atoms with E-state index in [-0.39, 0.29) is 5.78 Å². The summed E-state index contributed by atoms with van der Waals surface area (Å²) in [4.78, 5) is 18.7. The highest BCUT2D eigenvalue weighted by molar-refractivity contribution is 7.13. The summed E-state index contributed by atoms with van der Waals surface area (Å²) in [5.74, 6) is 0.884. The first kappa shape index (κ1) is 11.7. The van der Waals surface area contributed by atoms with Crippen molar-refractivity contribution in [3.8, 4) is 0 Å². The zero-order valence-corrected chi connectivity index (χ0v) is 10.7. The lowest BCUT2D eigenvalue weighted by Gasteiger charge is -2.28. The van der Waals surface area contributed by atoms with Crippen molar-refractivity contribution in [2.45, 2.75) is 26.2 Å². The van der Waals surface area contributed by atoms with E-state index in [0.717, 1.165) is 22.2 Å². The van der Waals surface area contributed by atoms with Gasteiger partial charge in [0, 0.05) is 19.5 Å². The molecular weight excluding hydrogens is 220 g/mol. The molecule has 0 radical (unpaired) electrons. The smallest absolute Gasteiger partial charge is 0.171 e. The quantitative estimate of drug-likeness (QED) is 0.757. The Morgan fingerprint density at radius 3 is 2.81 bits per heavy atom. The van der Waals surface area contributed by atoms with E-state index >= 15 is 0 Å². The fourth-order valence-corrected chi connectivity index (χ4v) is 3.01. The van der Waals surface area contributed by atoms with E-state index < -0.39 is 0 Å². The van der Waals surface area contributed by atoms with Crippen LogP contribution >= 0.6 is 11.3 Å². The Morgan fingerprint density at radius 1 is 1.56 bits per heavy atom. The van der Waals surface area contributed by atoms with Gasteiger partial charge in [-0.25, -0.2) is 4.98 Å². The molecule has 1 aliphatic rings. The largest absolute Gasteiger partial charge is 0.306 e. The lowest BCUT2D eigenvalue weighted by atomic mass is 9.94. The van der Waals surface area contributed by atoms with E-state index in [1.54, 1.807) is 24.5 Å². The van der Waals surface area contributed by atoms with Gasteiger partial charge in [-0.05, 0) is 38.9 Å². The van der Waals surface area contributed by atoms with Crippen LogP contribution in [0.3, 0.4) is 0 Å². The molecule has 2 heterocycles. The number of aromatic nitrogens is 1. The highest BCUT2D eigenvalue weighted by atomic mass is 32.1. The maximum absolute atomic E-state index is 11.2. The van der Waals surface area contributed by atoms with E-state index in [1.807, 2.05) is 0 Å². The molecular formula is C12H18N2OS. The van der Waals surface area contributed by atoms with Crippen LogP contribution in [0.25, 0.3) is 0 Å². The monoisotopic (exact) mass is 238 g/mol. The molecule has 0 unspecified atom stereocenters. The Kier molecular flexibility index (Phi) is 3.71. The van der Waals surface area contributed by atoms with Crippen LogP contribution in [0.5, 0.6) is 0 Å². The highest BCUT2D eigenvalue weighted by Gasteiger charge is 2.18. The molecule has 0 atom stereocenters. The summed E-state index contributed by atoms with van der Waals surface area (Å²) in [7, 11) is 2.17. The van der Waals surface area contributed by atoms with Crippen LogP contribution in [-0.4, -0.2) is 35.8 Å². The van der Waals surface area contributed by atoms with Gasteiger partial charge in [-0.1, -0.05) is 0 Å². The fourth-order valence-electron chi connectivity index (χ4n) is 2.08. The molecule has 16 heavy (non-hydrogen) atoms. The third kappa shape index (κ3) is 2.89. The second-order valence-corrected chi connectivity index (χ2v) is 5.74. The predicted molar refractivity (Wildman–Crippen MR) is 66.0 cm³/mol. The number of thiazole rings is 1. The number of carbonyl (C=O) groups is 1. The Bertz CT molecular complexity index is 367.